The van der Waals surface area contributed by atoms with E-state index < -0.39 is 6.29 Å². The Hall–Kier alpha value is -8.08. The number of nitrogens with zero attached hydrogens (tertiary/aromatic N) is 3. The van der Waals surface area contributed by atoms with Gasteiger partial charge in [-0.1, -0.05) is 157 Å². The Morgan fingerprint density at radius 3 is 1.46 bits per heavy atom. The molecule has 1 unspecified atom stereocenters. The molecule has 0 fully saturated rings. The molecular formula is C64H50N4. The third kappa shape index (κ3) is 6.28. The molecule has 0 spiro atoms. The fraction of sp³-hybridized carbons (Fsp3) is 0.125. The third-order valence-corrected chi connectivity index (χ3v) is 14.7. The summed E-state index contributed by atoms with van der Waals surface area (Å²) in [5, 5.41) is 13.9. The lowest BCUT2D eigenvalue weighted by Gasteiger charge is -2.26. The van der Waals surface area contributed by atoms with Gasteiger partial charge in [0.05, 0.1) is 11.0 Å². The molecule has 0 saturated heterocycles. The van der Waals surface area contributed by atoms with Crippen LogP contribution in [-0.2, 0) is 5.41 Å². The summed E-state index contributed by atoms with van der Waals surface area (Å²) in [6.45, 7) is 13.3. The number of aromatic nitrogens is 1. The zero-order valence-corrected chi connectivity index (χ0v) is 39.2. The lowest BCUT2D eigenvalue weighted by molar-refractivity contribution is 0.515. The number of fused-ring (bicyclic) bond motifs is 12. The molecular weight excluding hydrogens is 825 g/mol. The number of aryl methyl sites for hydroxylation is 4. The van der Waals surface area contributed by atoms with Gasteiger partial charge in [-0.05, 0) is 165 Å². The molecule has 13 rings (SSSR count). The van der Waals surface area contributed by atoms with Crippen LogP contribution in [0.4, 0.5) is 0 Å². The fourth-order valence-electron chi connectivity index (χ4n) is 11.7. The number of hydrogen-bond acceptors (Lipinski definition) is 3. The molecule has 2 heterocycles. The summed E-state index contributed by atoms with van der Waals surface area (Å²) in [6, 6.07) is 67.9. The number of hydrogen-bond donors (Lipinski definition) is 1. The van der Waals surface area contributed by atoms with Crippen LogP contribution >= 0.6 is 0 Å². The van der Waals surface area contributed by atoms with E-state index in [-0.39, 0.29) is 5.41 Å². The number of benzene rings is 10. The van der Waals surface area contributed by atoms with Crippen molar-refractivity contribution in [2.24, 2.45) is 9.98 Å². The predicted molar refractivity (Wildman–Crippen MR) is 287 cm³/mol. The van der Waals surface area contributed by atoms with Crippen LogP contribution in [0.5, 0.6) is 0 Å². The van der Waals surface area contributed by atoms with E-state index in [1.165, 1.54) is 110 Å². The van der Waals surface area contributed by atoms with E-state index in [0.717, 1.165) is 33.8 Å². The molecule has 0 saturated carbocycles. The molecule has 10 aromatic carbocycles. The maximum absolute atomic E-state index is 5.50. The Labute approximate surface area is 397 Å². The van der Waals surface area contributed by atoms with Gasteiger partial charge in [-0.25, -0.2) is 9.98 Å². The minimum atomic E-state index is -0.476. The van der Waals surface area contributed by atoms with Gasteiger partial charge in [0.25, 0.3) is 0 Å². The first-order chi connectivity index (χ1) is 33.1. The Kier molecular flexibility index (Phi) is 8.85. The van der Waals surface area contributed by atoms with Crippen molar-refractivity contribution in [2.45, 2.75) is 53.2 Å². The van der Waals surface area contributed by atoms with E-state index in [9.17, 15) is 0 Å². The van der Waals surface area contributed by atoms with Crippen molar-refractivity contribution in [3.05, 3.63) is 226 Å². The van der Waals surface area contributed by atoms with Crippen LogP contribution in [0.25, 0.3) is 87.5 Å². The fourth-order valence-corrected chi connectivity index (χ4v) is 11.7. The zero-order chi connectivity index (χ0) is 46.0. The van der Waals surface area contributed by atoms with Gasteiger partial charge in [0.1, 0.15) is 5.84 Å². The quantitative estimate of drug-likeness (QED) is 0.172. The van der Waals surface area contributed by atoms with Crippen LogP contribution in [0.2, 0.25) is 0 Å². The summed E-state index contributed by atoms with van der Waals surface area (Å²) >= 11 is 0. The summed E-state index contributed by atoms with van der Waals surface area (Å²) in [6.07, 6.45) is -0.476. The highest BCUT2D eigenvalue weighted by atomic mass is 15.3. The van der Waals surface area contributed by atoms with Crippen LogP contribution in [-0.4, -0.2) is 16.2 Å². The molecule has 0 bridgehead atoms. The first kappa shape index (κ1) is 40.2. The van der Waals surface area contributed by atoms with Crippen molar-refractivity contribution in [2.75, 3.05) is 0 Å². The molecule has 1 aliphatic carbocycles. The summed E-state index contributed by atoms with van der Waals surface area (Å²) in [4.78, 5) is 10.8. The van der Waals surface area contributed by atoms with Gasteiger partial charge in [0, 0.05) is 27.3 Å². The van der Waals surface area contributed by atoms with Crippen molar-refractivity contribution in [3.63, 3.8) is 0 Å². The van der Waals surface area contributed by atoms with Crippen molar-refractivity contribution >= 4 is 65.8 Å². The molecule has 4 nitrogen and oxygen atoms in total. The van der Waals surface area contributed by atoms with Gasteiger partial charge in [-0.15, -0.1) is 0 Å². The molecule has 0 radical (unpaired) electrons. The second-order valence-electron chi connectivity index (χ2n) is 19.8. The summed E-state index contributed by atoms with van der Waals surface area (Å²) in [5.74, 6) is 1.53. The highest BCUT2D eigenvalue weighted by Crippen LogP contribution is 2.50. The Morgan fingerprint density at radius 1 is 0.397 bits per heavy atom. The number of rotatable bonds is 5. The molecule has 0 amide bonds. The molecule has 1 aliphatic heterocycles. The van der Waals surface area contributed by atoms with Crippen molar-refractivity contribution in [1.29, 1.82) is 0 Å². The molecule has 1 atom stereocenters. The van der Waals surface area contributed by atoms with Gasteiger partial charge >= 0.3 is 0 Å². The highest BCUT2D eigenvalue weighted by molar-refractivity contribution is 6.26. The van der Waals surface area contributed by atoms with Crippen LogP contribution < -0.4 is 5.32 Å². The highest BCUT2D eigenvalue weighted by Gasteiger charge is 2.35. The van der Waals surface area contributed by atoms with Crippen molar-refractivity contribution in [3.8, 4) is 33.4 Å². The van der Waals surface area contributed by atoms with Crippen LogP contribution in [0.15, 0.2) is 192 Å². The molecule has 326 valence electrons. The SMILES string of the molecule is Cc1cc(C)cc(C2=NC(n3c4ccc(-c5ccc6c(c5)C(C)(C)c5ccccc5-6)cc4c4cc(-c5ccc6c7ccccc7c7ccccc7c6c5)ccc43)NC(c3cc(C)cc(C)c3)=N2)c1. The van der Waals surface area contributed by atoms with E-state index in [4.69, 9.17) is 9.98 Å². The van der Waals surface area contributed by atoms with E-state index in [1.807, 2.05) is 0 Å². The standard InChI is InChI=1S/C64H50N4/c1-37-27-38(2)30-45(29-37)61-65-62(46-31-39(3)28-40(4)32-46)67-63(66-61)68-59-25-21-42(41-19-23-51-49-15-8-7-13-47(49)48-14-9-10-16-50(48)54(51)33-41)34-55(59)56-35-43(22-26-60(56)68)44-20-24-53-52-17-11-12-18-57(52)64(5,6)58(53)36-44/h7-36,63H,1-6H3,(H,65,66,67). The van der Waals surface area contributed by atoms with E-state index in [2.05, 4.69) is 233 Å². The second-order valence-corrected chi connectivity index (χ2v) is 19.8. The van der Waals surface area contributed by atoms with Gasteiger partial charge < -0.3 is 9.88 Å². The molecule has 1 aromatic heterocycles. The molecule has 1 N–H and O–H groups in total. The topological polar surface area (TPSA) is 41.7 Å². The van der Waals surface area contributed by atoms with E-state index >= 15 is 0 Å². The zero-order valence-electron chi connectivity index (χ0n) is 39.2. The largest absolute Gasteiger partial charge is 0.331 e. The Morgan fingerprint density at radius 2 is 0.853 bits per heavy atom. The minimum absolute atomic E-state index is 0.0955. The second kappa shape index (κ2) is 15.0. The summed E-state index contributed by atoms with van der Waals surface area (Å²) in [5.41, 5.74) is 19.1. The first-order valence-electron chi connectivity index (χ1n) is 23.8. The number of nitrogens with one attached hydrogen (secondary N) is 1. The third-order valence-electron chi connectivity index (χ3n) is 14.7. The number of amidine groups is 2. The van der Waals surface area contributed by atoms with Gasteiger partial charge in [-0.2, -0.15) is 0 Å². The van der Waals surface area contributed by atoms with Crippen LogP contribution in [0, 0.1) is 27.7 Å². The smallest absolute Gasteiger partial charge is 0.204 e. The summed E-state index contributed by atoms with van der Waals surface area (Å²) in [7, 11) is 0. The van der Waals surface area contributed by atoms with Gasteiger partial charge in [0.2, 0.25) is 6.29 Å². The van der Waals surface area contributed by atoms with Crippen LogP contribution in [0.1, 0.15) is 64.6 Å². The first-order valence-corrected chi connectivity index (χ1v) is 23.8. The van der Waals surface area contributed by atoms with Crippen LogP contribution in [0.3, 0.4) is 0 Å². The van der Waals surface area contributed by atoms with Gasteiger partial charge in [0.15, 0.2) is 5.84 Å². The van der Waals surface area contributed by atoms with Crippen molar-refractivity contribution < 1.29 is 0 Å². The molecule has 11 aromatic rings. The van der Waals surface area contributed by atoms with E-state index in [0.29, 0.717) is 0 Å². The maximum Gasteiger partial charge on any atom is 0.204 e. The number of aliphatic imine (C=N–C) groups is 2. The Bertz CT molecular complexity index is 3950. The maximum atomic E-state index is 5.50. The normalized spacial score (nSPS) is 15.2. The summed E-state index contributed by atoms with van der Waals surface area (Å²) < 4.78 is 2.39. The average molecular weight is 875 g/mol. The molecule has 2 aliphatic rings. The van der Waals surface area contributed by atoms with Crippen molar-refractivity contribution in [1.82, 2.24) is 9.88 Å². The Balaban J connectivity index is 1.03. The molecule has 68 heavy (non-hydrogen) atoms. The van der Waals surface area contributed by atoms with Gasteiger partial charge in [-0.3, -0.25) is 0 Å². The monoisotopic (exact) mass is 874 g/mol. The van der Waals surface area contributed by atoms with E-state index in [1.54, 1.807) is 0 Å². The molecule has 4 heteroatoms. The average Bonchev–Trinajstić information content (AvgIpc) is 3.80. The minimum Gasteiger partial charge on any atom is -0.331 e. The predicted octanol–water partition coefficient (Wildman–Crippen LogP) is 16.1. The lowest BCUT2D eigenvalue weighted by atomic mass is 9.81. The lowest BCUT2D eigenvalue weighted by Crippen LogP contribution is -2.36.